The molecule has 0 saturated carbocycles. The van der Waals surface area contributed by atoms with Crippen molar-refractivity contribution >= 4 is 15.7 Å². The SMILES string of the molecule is O=C(NCCc1cccnc1)c1cccc(CS(=O)(=O)c2ccccc2)c1. The Kier molecular flexibility index (Phi) is 5.98. The van der Waals surface area contributed by atoms with Crippen LogP contribution >= 0.6 is 0 Å². The van der Waals surface area contributed by atoms with Gasteiger partial charge < -0.3 is 5.32 Å². The highest BCUT2D eigenvalue weighted by molar-refractivity contribution is 7.90. The molecule has 0 unspecified atom stereocenters. The number of sulfone groups is 1. The molecule has 5 nitrogen and oxygen atoms in total. The Labute approximate surface area is 159 Å². The third kappa shape index (κ3) is 5.24. The molecular formula is C21H20N2O3S. The zero-order valence-corrected chi connectivity index (χ0v) is 15.5. The normalized spacial score (nSPS) is 11.1. The first kappa shape index (κ1) is 18.8. The Bertz CT molecular complexity index is 1000. The van der Waals surface area contributed by atoms with Gasteiger partial charge in [-0.05, 0) is 47.9 Å². The molecule has 27 heavy (non-hydrogen) atoms. The second kappa shape index (κ2) is 8.60. The van der Waals surface area contributed by atoms with E-state index in [2.05, 4.69) is 10.3 Å². The van der Waals surface area contributed by atoms with E-state index in [1.165, 1.54) is 0 Å². The second-order valence-electron chi connectivity index (χ2n) is 6.14. The first-order valence-corrected chi connectivity index (χ1v) is 10.2. The number of nitrogens with zero attached hydrogens (tertiary/aromatic N) is 1. The third-order valence-corrected chi connectivity index (χ3v) is 5.77. The summed E-state index contributed by atoms with van der Waals surface area (Å²) in [6.45, 7) is 0.483. The highest BCUT2D eigenvalue weighted by Crippen LogP contribution is 2.17. The molecule has 1 aromatic heterocycles. The summed E-state index contributed by atoms with van der Waals surface area (Å²) >= 11 is 0. The minimum absolute atomic E-state index is 0.145. The quantitative estimate of drug-likeness (QED) is 0.684. The van der Waals surface area contributed by atoms with Gasteiger partial charge in [-0.25, -0.2) is 8.42 Å². The molecule has 0 aliphatic carbocycles. The third-order valence-electron chi connectivity index (χ3n) is 4.07. The fourth-order valence-electron chi connectivity index (χ4n) is 2.70. The van der Waals surface area contributed by atoms with Gasteiger partial charge in [0.25, 0.3) is 5.91 Å². The lowest BCUT2D eigenvalue weighted by atomic mass is 10.1. The Morgan fingerprint density at radius 3 is 2.44 bits per heavy atom. The average Bonchev–Trinajstić information content (AvgIpc) is 2.69. The predicted octanol–water partition coefficient (Wildman–Crippen LogP) is 3.03. The maximum atomic E-state index is 12.5. The number of benzene rings is 2. The molecule has 0 spiro atoms. The molecule has 1 amide bonds. The number of hydrogen-bond donors (Lipinski definition) is 1. The van der Waals surface area contributed by atoms with Gasteiger partial charge in [-0.1, -0.05) is 36.4 Å². The lowest BCUT2D eigenvalue weighted by Crippen LogP contribution is -2.25. The van der Waals surface area contributed by atoms with E-state index in [-0.39, 0.29) is 16.6 Å². The average molecular weight is 380 g/mol. The van der Waals surface area contributed by atoms with Crippen LogP contribution in [0.1, 0.15) is 21.5 Å². The van der Waals surface area contributed by atoms with Crippen molar-refractivity contribution in [1.29, 1.82) is 0 Å². The number of rotatable bonds is 7. The second-order valence-corrected chi connectivity index (χ2v) is 8.13. The summed E-state index contributed by atoms with van der Waals surface area (Å²) in [6.07, 6.45) is 4.15. The molecule has 0 radical (unpaired) electrons. The van der Waals surface area contributed by atoms with Crippen molar-refractivity contribution in [2.24, 2.45) is 0 Å². The Morgan fingerprint density at radius 2 is 1.70 bits per heavy atom. The van der Waals surface area contributed by atoms with Crippen molar-refractivity contribution < 1.29 is 13.2 Å². The number of carbonyl (C=O) groups excluding carboxylic acids is 1. The van der Waals surface area contributed by atoms with Gasteiger partial charge in [0.05, 0.1) is 10.6 Å². The van der Waals surface area contributed by atoms with Gasteiger partial charge in [-0.3, -0.25) is 9.78 Å². The van der Waals surface area contributed by atoms with Crippen LogP contribution in [0.25, 0.3) is 0 Å². The number of hydrogen-bond acceptors (Lipinski definition) is 4. The largest absolute Gasteiger partial charge is 0.352 e. The molecule has 0 aliphatic rings. The highest BCUT2D eigenvalue weighted by atomic mass is 32.2. The number of carbonyl (C=O) groups is 1. The maximum absolute atomic E-state index is 12.5. The summed E-state index contributed by atoms with van der Waals surface area (Å²) in [4.78, 5) is 16.7. The van der Waals surface area contributed by atoms with E-state index in [0.29, 0.717) is 24.1 Å². The van der Waals surface area contributed by atoms with Crippen LogP contribution in [-0.2, 0) is 22.0 Å². The Hall–Kier alpha value is -2.99. The summed E-state index contributed by atoms with van der Waals surface area (Å²) in [6, 6.07) is 18.8. The zero-order chi connectivity index (χ0) is 19.1. The minimum Gasteiger partial charge on any atom is -0.352 e. The van der Waals surface area contributed by atoms with Gasteiger partial charge in [0.15, 0.2) is 9.84 Å². The highest BCUT2D eigenvalue weighted by Gasteiger charge is 2.16. The molecule has 6 heteroatoms. The van der Waals surface area contributed by atoms with Gasteiger partial charge in [-0.2, -0.15) is 0 Å². The lowest BCUT2D eigenvalue weighted by Gasteiger charge is -2.08. The van der Waals surface area contributed by atoms with Crippen molar-refractivity contribution in [3.05, 3.63) is 95.8 Å². The van der Waals surface area contributed by atoms with Gasteiger partial charge in [0, 0.05) is 24.5 Å². The molecular weight excluding hydrogens is 360 g/mol. The van der Waals surface area contributed by atoms with Crippen molar-refractivity contribution in [2.45, 2.75) is 17.1 Å². The van der Waals surface area contributed by atoms with Gasteiger partial charge in [0.1, 0.15) is 0 Å². The summed E-state index contributed by atoms with van der Waals surface area (Å²) in [7, 11) is -3.45. The molecule has 3 aromatic rings. The van der Waals surface area contributed by atoms with Crippen LogP contribution in [0.2, 0.25) is 0 Å². The van der Waals surface area contributed by atoms with E-state index in [0.717, 1.165) is 5.56 Å². The molecule has 138 valence electrons. The fourth-order valence-corrected chi connectivity index (χ4v) is 4.06. The van der Waals surface area contributed by atoms with Crippen LogP contribution in [0.5, 0.6) is 0 Å². The summed E-state index contributed by atoms with van der Waals surface area (Å²) < 4.78 is 25.0. The van der Waals surface area contributed by atoms with E-state index in [9.17, 15) is 13.2 Å². The molecule has 1 heterocycles. The summed E-state index contributed by atoms with van der Waals surface area (Å²) in [5, 5.41) is 2.85. The van der Waals surface area contributed by atoms with Crippen molar-refractivity contribution in [1.82, 2.24) is 10.3 Å². The number of aromatic nitrogens is 1. The Morgan fingerprint density at radius 1 is 0.926 bits per heavy atom. The van der Waals surface area contributed by atoms with Crippen molar-refractivity contribution in [3.8, 4) is 0 Å². The molecule has 0 bridgehead atoms. The number of amides is 1. The van der Waals surface area contributed by atoms with Gasteiger partial charge in [-0.15, -0.1) is 0 Å². The summed E-state index contributed by atoms with van der Waals surface area (Å²) in [5.74, 6) is -0.369. The number of nitrogens with one attached hydrogen (secondary N) is 1. The van der Waals surface area contributed by atoms with E-state index in [1.54, 1.807) is 67.0 Å². The Balaban J connectivity index is 1.63. The first-order valence-electron chi connectivity index (χ1n) is 8.58. The maximum Gasteiger partial charge on any atom is 0.251 e. The van der Waals surface area contributed by atoms with Crippen LogP contribution in [0.3, 0.4) is 0 Å². The standard InChI is InChI=1S/C21H20N2O3S/c24-21(23-13-11-17-7-5-12-22-15-17)19-8-4-6-18(14-19)16-27(25,26)20-9-2-1-3-10-20/h1-10,12,14-15H,11,13,16H2,(H,23,24). The van der Waals surface area contributed by atoms with Gasteiger partial charge >= 0.3 is 0 Å². The molecule has 1 N–H and O–H groups in total. The molecule has 0 atom stereocenters. The van der Waals surface area contributed by atoms with Crippen molar-refractivity contribution in [3.63, 3.8) is 0 Å². The molecule has 2 aromatic carbocycles. The van der Waals surface area contributed by atoms with E-state index < -0.39 is 9.84 Å². The van der Waals surface area contributed by atoms with Gasteiger partial charge in [0.2, 0.25) is 0 Å². The van der Waals surface area contributed by atoms with E-state index in [4.69, 9.17) is 0 Å². The number of pyridine rings is 1. The molecule has 0 aliphatic heterocycles. The van der Waals surface area contributed by atoms with E-state index in [1.807, 2.05) is 12.1 Å². The zero-order valence-electron chi connectivity index (χ0n) is 14.7. The predicted molar refractivity (Wildman–Crippen MR) is 104 cm³/mol. The summed E-state index contributed by atoms with van der Waals surface area (Å²) in [5.41, 5.74) is 2.07. The fraction of sp³-hybridized carbons (Fsp3) is 0.143. The van der Waals surface area contributed by atoms with Crippen molar-refractivity contribution in [2.75, 3.05) is 6.54 Å². The molecule has 0 saturated heterocycles. The molecule has 3 rings (SSSR count). The minimum atomic E-state index is -3.45. The molecule has 0 fully saturated rings. The van der Waals surface area contributed by atoms with E-state index >= 15 is 0 Å². The van der Waals surface area contributed by atoms with Crippen LogP contribution in [0.15, 0.2) is 84.0 Å². The van der Waals surface area contributed by atoms with Crippen LogP contribution < -0.4 is 5.32 Å². The topological polar surface area (TPSA) is 76.1 Å². The van der Waals surface area contributed by atoms with Crippen LogP contribution in [0, 0.1) is 0 Å². The van der Waals surface area contributed by atoms with Crippen LogP contribution in [0.4, 0.5) is 0 Å². The monoisotopic (exact) mass is 380 g/mol. The first-order chi connectivity index (χ1) is 13.0. The smallest absolute Gasteiger partial charge is 0.251 e. The lowest BCUT2D eigenvalue weighted by molar-refractivity contribution is 0.0954. The van der Waals surface area contributed by atoms with Crippen LogP contribution in [-0.4, -0.2) is 25.9 Å².